The van der Waals surface area contributed by atoms with Crippen molar-refractivity contribution in [2.75, 3.05) is 6.79 Å². The lowest BCUT2D eigenvalue weighted by atomic mass is 10.1. The maximum Gasteiger partial charge on any atom is 0.338 e. The van der Waals surface area contributed by atoms with Crippen LogP contribution >= 0.6 is 0 Å². The summed E-state index contributed by atoms with van der Waals surface area (Å²) in [6, 6.07) is 10.1. The number of benzene rings is 2. The van der Waals surface area contributed by atoms with Crippen LogP contribution in [-0.4, -0.2) is 34.3 Å². The van der Waals surface area contributed by atoms with Gasteiger partial charge in [-0.05, 0) is 55.7 Å². The van der Waals surface area contributed by atoms with Crippen LogP contribution in [0.2, 0.25) is 0 Å². The summed E-state index contributed by atoms with van der Waals surface area (Å²) in [7, 11) is 0. The molecular weight excluding hydrogens is 450 g/mol. The highest BCUT2D eigenvalue weighted by atomic mass is 16.7. The number of ether oxygens (including phenoxy) is 3. The number of aromatic nitrogens is 2. The molecule has 1 N–H and O–H groups in total. The Morgan fingerprint density at radius 2 is 1.91 bits per heavy atom. The molecule has 3 aromatic rings. The molecule has 0 saturated heterocycles. The number of nitrogens with zero attached hydrogens (tertiary/aromatic N) is 2. The molecule has 35 heavy (non-hydrogen) atoms. The zero-order valence-electron chi connectivity index (χ0n) is 19.5. The van der Waals surface area contributed by atoms with Crippen LogP contribution in [0, 0.1) is 0 Å². The minimum atomic E-state index is -0.999. The normalized spacial score (nSPS) is 15.6. The number of hydrogen-bond acceptors (Lipinski definition) is 7. The molecule has 0 saturated carbocycles. The van der Waals surface area contributed by atoms with Gasteiger partial charge in [-0.3, -0.25) is 14.2 Å². The summed E-state index contributed by atoms with van der Waals surface area (Å²) < 4.78 is 17.8. The van der Waals surface area contributed by atoms with Crippen LogP contribution in [-0.2, 0) is 29.0 Å². The van der Waals surface area contributed by atoms with Crippen molar-refractivity contribution in [3.05, 3.63) is 63.7 Å². The summed E-state index contributed by atoms with van der Waals surface area (Å²) in [5.41, 5.74) is 1.47. The number of aryl methyl sites for hydroxylation is 1. The van der Waals surface area contributed by atoms with Crippen LogP contribution in [0.4, 0.5) is 0 Å². The molecule has 1 aromatic heterocycles. The van der Waals surface area contributed by atoms with Crippen molar-refractivity contribution >= 4 is 22.8 Å². The van der Waals surface area contributed by atoms with E-state index in [9.17, 15) is 14.4 Å². The summed E-state index contributed by atoms with van der Waals surface area (Å²) in [6.07, 6.45) is 3.91. The van der Waals surface area contributed by atoms with E-state index >= 15 is 0 Å². The lowest BCUT2D eigenvalue weighted by molar-refractivity contribution is -0.129. The number of hydrogen-bond donors (Lipinski definition) is 1. The van der Waals surface area contributed by atoms with Crippen LogP contribution in [0.3, 0.4) is 0 Å². The van der Waals surface area contributed by atoms with E-state index < -0.39 is 18.0 Å². The van der Waals surface area contributed by atoms with E-state index in [2.05, 4.69) is 10.3 Å². The third-order valence-electron chi connectivity index (χ3n) is 6.36. The number of carbonyl (C=O) groups excluding carboxylic acids is 2. The standard InChI is InChI=1S/C26H27N3O6/c1-16(24(30)27-14-17-7-10-21-22(12-17)34-15-33-21)35-26(32)18-8-9-19-20(13-18)28-23-6-4-2-3-5-11-29(23)25(19)31/h7-10,12-13,16H,2-6,11,14-15H2,1H3,(H,27,30)/t16-/m1/s1. The van der Waals surface area contributed by atoms with Crippen molar-refractivity contribution in [1.82, 2.24) is 14.9 Å². The van der Waals surface area contributed by atoms with Gasteiger partial charge in [0.05, 0.1) is 16.5 Å². The van der Waals surface area contributed by atoms with Gasteiger partial charge in [0.15, 0.2) is 17.6 Å². The minimum Gasteiger partial charge on any atom is -0.454 e. The molecule has 1 amide bonds. The van der Waals surface area contributed by atoms with Gasteiger partial charge in [0.1, 0.15) is 5.82 Å². The number of fused-ring (bicyclic) bond motifs is 3. The molecule has 0 aliphatic carbocycles. The first-order valence-corrected chi connectivity index (χ1v) is 11.9. The van der Waals surface area contributed by atoms with Crippen LogP contribution in [0.15, 0.2) is 41.2 Å². The van der Waals surface area contributed by atoms with Crippen molar-refractivity contribution in [2.45, 2.75) is 58.2 Å². The molecule has 3 heterocycles. The molecule has 0 fully saturated rings. The lowest BCUT2D eigenvalue weighted by Gasteiger charge is -2.17. The molecule has 9 heteroatoms. The summed E-state index contributed by atoms with van der Waals surface area (Å²) in [4.78, 5) is 42.9. The summed E-state index contributed by atoms with van der Waals surface area (Å²) in [6.45, 7) is 2.62. The number of carbonyl (C=O) groups is 2. The van der Waals surface area contributed by atoms with Gasteiger partial charge < -0.3 is 19.5 Å². The van der Waals surface area contributed by atoms with E-state index in [1.165, 1.54) is 6.92 Å². The van der Waals surface area contributed by atoms with Crippen LogP contribution in [0.25, 0.3) is 10.9 Å². The smallest absolute Gasteiger partial charge is 0.338 e. The van der Waals surface area contributed by atoms with Crippen molar-refractivity contribution in [3.63, 3.8) is 0 Å². The lowest BCUT2D eigenvalue weighted by Crippen LogP contribution is -2.35. The predicted octanol–water partition coefficient (Wildman–Crippen LogP) is 3.10. The molecule has 182 valence electrons. The molecule has 0 radical (unpaired) electrons. The third kappa shape index (κ3) is 4.84. The van der Waals surface area contributed by atoms with Gasteiger partial charge in [0, 0.05) is 19.5 Å². The van der Waals surface area contributed by atoms with Gasteiger partial charge in [0.2, 0.25) is 6.79 Å². The average molecular weight is 478 g/mol. The molecule has 0 unspecified atom stereocenters. The fraction of sp³-hybridized carbons (Fsp3) is 0.385. The molecule has 0 spiro atoms. The van der Waals surface area contributed by atoms with Gasteiger partial charge in [0.25, 0.3) is 11.5 Å². The number of esters is 1. The zero-order valence-corrected chi connectivity index (χ0v) is 19.5. The second-order valence-electron chi connectivity index (χ2n) is 8.83. The minimum absolute atomic E-state index is 0.0805. The topological polar surface area (TPSA) is 109 Å². The zero-order chi connectivity index (χ0) is 24.4. The molecule has 1 atom stereocenters. The summed E-state index contributed by atoms with van der Waals surface area (Å²) in [5, 5.41) is 3.23. The molecule has 9 nitrogen and oxygen atoms in total. The highest BCUT2D eigenvalue weighted by molar-refractivity contribution is 5.95. The number of nitrogens with one attached hydrogen (secondary N) is 1. The summed E-state index contributed by atoms with van der Waals surface area (Å²) in [5.74, 6) is 0.986. The Labute approximate surface area is 202 Å². The molecule has 2 aliphatic rings. The second-order valence-corrected chi connectivity index (χ2v) is 8.83. The highest BCUT2D eigenvalue weighted by Gasteiger charge is 2.21. The van der Waals surface area contributed by atoms with Crippen molar-refractivity contribution < 1.29 is 23.8 Å². The molecule has 0 bridgehead atoms. The average Bonchev–Trinajstić information content (AvgIpc) is 3.31. The monoisotopic (exact) mass is 477 g/mol. The van der Waals surface area contributed by atoms with E-state index in [0.29, 0.717) is 28.9 Å². The van der Waals surface area contributed by atoms with E-state index in [1.54, 1.807) is 34.9 Å². The van der Waals surface area contributed by atoms with Gasteiger partial charge in [-0.1, -0.05) is 18.9 Å². The first-order valence-electron chi connectivity index (χ1n) is 11.9. The van der Waals surface area contributed by atoms with Gasteiger partial charge in [-0.25, -0.2) is 9.78 Å². The molecule has 5 rings (SSSR count). The Morgan fingerprint density at radius 3 is 2.80 bits per heavy atom. The van der Waals surface area contributed by atoms with Crippen molar-refractivity contribution in [2.24, 2.45) is 0 Å². The van der Waals surface area contributed by atoms with Gasteiger partial charge >= 0.3 is 5.97 Å². The van der Waals surface area contributed by atoms with Crippen molar-refractivity contribution in [1.29, 1.82) is 0 Å². The Hall–Kier alpha value is -3.88. The first-order chi connectivity index (χ1) is 17.0. The van der Waals surface area contributed by atoms with Gasteiger partial charge in [-0.2, -0.15) is 0 Å². The first kappa shape index (κ1) is 22.9. The predicted molar refractivity (Wildman–Crippen MR) is 127 cm³/mol. The Bertz CT molecular complexity index is 1350. The Kier molecular flexibility index (Phi) is 6.39. The molecular formula is C26H27N3O6. The Morgan fingerprint density at radius 1 is 1.09 bits per heavy atom. The van der Waals surface area contributed by atoms with Crippen LogP contribution < -0.4 is 20.3 Å². The van der Waals surface area contributed by atoms with Gasteiger partial charge in [-0.15, -0.1) is 0 Å². The van der Waals surface area contributed by atoms with E-state index in [4.69, 9.17) is 14.2 Å². The molecule has 2 aliphatic heterocycles. The quantitative estimate of drug-likeness (QED) is 0.563. The van der Waals surface area contributed by atoms with Crippen molar-refractivity contribution in [3.8, 4) is 11.5 Å². The highest BCUT2D eigenvalue weighted by Crippen LogP contribution is 2.32. The Balaban J connectivity index is 1.25. The van der Waals surface area contributed by atoms with Crippen LogP contribution in [0.1, 0.15) is 54.4 Å². The van der Waals surface area contributed by atoms with E-state index in [0.717, 1.165) is 43.5 Å². The second kappa shape index (κ2) is 9.77. The summed E-state index contributed by atoms with van der Waals surface area (Å²) >= 11 is 0. The fourth-order valence-electron chi connectivity index (χ4n) is 4.39. The number of amides is 1. The molecule has 2 aromatic carbocycles. The largest absolute Gasteiger partial charge is 0.454 e. The van der Waals surface area contributed by atoms with E-state index in [-0.39, 0.29) is 24.5 Å². The maximum atomic E-state index is 13.0. The van der Waals surface area contributed by atoms with Crippen LogP contribution in [0.5, 0.6) is 11.5 Å². The number of rotatable bonds is 5. The van der Waals surface area contributed by atoms with E-state index in [1.807, 2.05) is 6.07 Å². The maximum absolute atomic E-state index is 13.0. The third-order valence-corrected chi connectivity index (χ3v) is 6.36. The fourth-order valence-corrected chi connectivity index (χ4v) is 4.39. The SMILES string of the molecule is C[C@@H](OC(=O)c1ccc2c(=O)n3c(nc2c1)CCCCCC3)C(=O)NCc1ccc2c(c1)OCO2.